The first-order chi connectivity index (χ1) is 7.69. The van der Waals surface area contributed by atoms with Crippen molar-refractivity contribution in [3.63, 3.8) is 0 Å². The minimum absolute atomic E-state index is 0.143. The standard InChI is InChI=1S/C12H17NO3/c1-4-16-12(14)13-9(2)10-7-5-6-8-11(10)15-3/h5-9H,4H2,1-3H3,(H,13,14)/t9-/m1/s1. The summed E-state index contributed by atoms with van der Waals surface area (Å²) < 4.78 is 10.0. The van der Waals surface area contributed by atoms with Crippen LogP contribution in [-0.2, 0) is 4.74 Å². The normalized spacial score (nSPS) is 11.7. The maximum absolute atomic E-state index is 11.3. The third-order valence-electron chi connectivity index (χ3n) is 2.22. The number of carbonyl (C=O) groups is 1. The van der Waals surface area contributed by atoms with Gasteiger partial charge < -0.3 is 14.8 Å². The van der Waals surface area contributed by atoms with E-state index in [1.54, 1.807) is 14.0 Å². The molecule has 1 N–H and O–H groups in total. The average molecular weight is 223 g/mol. The van der Waals surface area contributed by atoms with Crippen LogP contribution >= 0.6 is 0 Å². The molecule has 0 heterocycles. The summed E-state index contributed by atoms with van der Waals surface area (Å²) in [6, 6.07) is 7.42. The molecule has 1 aromatic carbocycles. The highest BCUT2D eigenvalue weighted by molar-refractivity contribution is 5.68. The van der Waals surface area contributed by atoms with Crippen molar-refractivity contribution in [2.24, 2.45) is 0 Å². The molecule has 4 heteroatoms. The molecule has 16 heavy (non-hydrogen) atoms. The largest absolute Gasteiger partial charge is 0.496 e. The van der Waals surface area contributed by atoms with Crippen molar-refractivity contribution in [2.45, 2.75) is 19.9 Å². The molecule has 0 bridgehead atoms. The summed E-state index contributed by atoms with van der Waals surface area (Å²) in [6.07, 6.45) is -0.416. The topological polar surface area (TPSA) is 47.6 Å². The van der Waals surface area contributed by atoms with Gasteiger partial charge in [-0.3, -0.25) is 0 Å². The van der Waals surface area contributed by atoms with Crippen LogP contribution in [0.3, 0.4) is 0 Å². The van der Waals surface area contributed by atoms with Crippen LogP contribution in [0, 0.1) is 0 Å². The van der Waals surface area contributed by atoms with Gasteiger partial charge in [-0.05, 0) is 19.9 Å². The van der Waals surface area contributed by atoms with E-state index in [1.165, 1.54) is 0 Å². The van der Waals surface area contributed by atoms with Crippen molar-refractivity contribution in [3.8, 4) is 5.75 Å². The van der Waals surface area contributed by atoms with Gasteiger partial charge in [0.05, 0.1) is 19.8 Å². The summed E-state index contributed by atoms with van der Waals surface area (Å²) >= 11 is 0. The third kappa shape index (κ3) is 3.15. The van der Waals surface area contributed by atoms with Gasteiger partial charge in [0.15, 0.2) is 0 Å². The van der Waals surface area contributed by atoms with Crippen LogP contribution in [0.2, 0.25) is 0 Å². The van der Waals surface area contributed by atoms with Crippen molar-refractivity contribution in [1.82, 2.24) is 5.32 Å². The number of methoxy groups -OCH3 is 1. The number of carbonyl (C=O) groups excluding carboxylic acids is 1. The Morgan fingerprint density at radius 3 is 2.75 bits per heavy atom. The summed E-state index contributed by atoms with van der Waals surface area (Å²) in [6.45, 7) is 4.02. The first-order valence-corrected chi connectivity index (χ1v) is 5.25. The van der Waals surface area contributed by atoms with E-state index in [9.17, 15) is 4.79 Å². The fourth-order valence-electron chi connectivity index (χ4n) is 1.45. The Hall–Kier alpha value is -1.71. The molecule has 0 radical (unpaired) electrons. The Morgan fingerprint density at radius 2 is 2.12 bits per heavy atom. The Kier molecular flexibility index (Phi) is 4.64. The molecule has 0 aliphatic carbocycles. The number of benzene rings is 1. The smallest absolute Gasteiger partial charge is 0.407 e. The Morgan fingerprint density at radius 1 is 1.44 bits per heavy atom. The number of nitrogens with one attached hydrogen (secondary N) is 1. The lowest BCUT2D eigenvalue weighted by molar-refractivity contribution is 0.148. The summed E-state index contributed by atoms with van der Waals surface area (Å²) in [5.41, 5.74) is 0.929. The summed E-state index contributed by atoms with van der Waals surface area (Å²) in [4.78, 5) is 11.3. The lowest BCUT2D eigenvalue weighted by Gasteiger charge is -2.16. The second-order valence-corrected chi connectivity index (χ2v) is 3.33. The lowest BCUT2D eigenvalue weighted by Crippen LogP contribution is -2.27. The van der Waals surface area contributed by atoms with E-state index in [0.717, 1.165) is 11.3 Å². The predicted octanol–water partition coefficient (Wildman–Crippen LogP) is 2.50. The van der Waals surface area contributed by atoms with Crippen molar-refractivity contribution < 1.29 is 14.3 Å². The fraction of sp³-hybridized carbons (Fsp3) is 0.417. The molecule has 4 nitrogen and oxygen atoms in total. The molecule has 0 saturated heterocycles. The van der Waals surface area contributed by atoms with Gasteiger partial charge in [0.1, 0.15) is 5.75 Å². The summed E-state index contributed by atoms with van der Waals surface area (Å²) in [5.74, 6) is 0.756. The molecule has 1 atom stereocenters. The molecule has 1 amide bonds. The average Bonchev–Trinajstić information content (AvgIpc) is 2.29. The first kappa shape index (κ1) is 12.4. The minimum Gasteiger partial charge on any atom is -0.496 e. The minimum atomic E-state index is -0.416. The van der Waals surface area contributed by atoms with Crippen LogP contribution in [0.15, 0.2) is 24.3 Å². The number of rotatable bonds is 4. The molecule has 1 aromatic rings. The fourth-order valence-corrected chi connectivity index (χ4v) is 1.45. The van der Waals surface area contributed by atoms with Gasteiger partial charge in [-0.15, -0.1) is 0 Å². The zero-order valence-electron chi connectivity index (χ0n) is 9.82. The molecule has 0 aliphatic rings. The number of hydrogen-bond donors (Lipinski definition) is 1. The van der Waals surface area contributed by atoms with E-state index in [1.807, 2.05) is 31.2 Å². The maximum atomic E-state index is 11.3. The van der Waals surface area contributed by atoms with Gasteiger partial charge in [0.2, 0.25) is 0 Å². The van der Waals surface area contributed by atoms with Crippen molar-refractivity contribution >= 4 is 6.09 Å². The van der Waals surface area contributed by atoms with E-state index in [2.05, 4.69) is 5.32 Å². The predicted molar refractivity (Wildman–Crippen MR) is 61.6 cm³/mol. The molecular weight excluding hydrogens is 206 g/mol. The number of amides is 1. The molecule has 0 aromatic heterocycles. The molecule has 1 rings (SSSR count). The van der Waals surface area contributed by atoms with Gasteiger partial charge >= 0.3 is 6.09 Å². The van der Waals surface area contributed by atoms with Crippen LogP contribution in [0.4, 0.5) is 4.79 Å². The van der Waals surface area contributed by atoms with E-state index in [-0.39, 0.29) is 6.04 Å². The Labute approximate surface area is 95.6 Å². The van der Waals surface area contributed by atoms with E-state index >= 15 is 0 Å². The highest BCUT2D eigenvalue weighted by atomic mass is 16.5. The summed E-state index contributed by atoms with van der Waals surface area (Å²) in [7, 11) is 1.61. The second-order valence-electron chi connectivity index (χ2n) is 3.33. The van der Waals surface area contributed by atoms with Crippen LogP contribution in [0.25, 0.3) is 0 Å². The van der Waals surface area contributed by atoms with Crippen molar-refractivity contribution in [1.29, 1.82) is 0 Å². The van der Waals surface area contributed by atoms with Gasteiger partial charge in [0.25, 0.3) is 0 Å². The highest BCUT2D eigenvalue weighted by Gasteiger charge is 2.13. The van der Waals surface area contributed by atoms with E-state index in [4.69, 9.17) is 9.47 Å². The maximum Gasteiger partial charge on any atom is 0.407 e. The quantitative estimate of drug-likeness (QED) is 0.853. The molecule has 0 aliphatic heterocycles. The van der Waals surface area contributed by atoms with Crippen molar-refractivity contribution in [2.75, 3.05) is 13.7 Å². The zero-order valence-corrected chi connectivity index (χ0v) is 9.82. The number of hydrogen-bond acceptors (Lipinski definition) is 3. The summed E-state index contributed by atoms with van der Waals surface area (Å²) in [5, 5.41) is 2.73. The van der Waals surface area contributed by atoms with Crippen molar-refractivity contribution in [3.05, 3.63) is 29.8 Å². The lowest BCUT2D eigenvalue weighted by atomic mass is 10.1. The molecule has 0 saturated carbocycles. The molecule has 0 fully saturated rings. The monoisotopic (exact) mass is 223 g/mol. The molecule has 0 spiro atoms. The number of para-hydroxylation sites is 1. The molecular formula is C12H17NO3. The second kappa shape index (κ2) is 6.00. The molecule has 0 unspecified atom stereocenters. The van der Waals surface area contributed by atoms with Crippen LogP contribution in [-0.4, -0.2) is 19.8 Å². The first-order valence-electron chi connectivity index (χ1n) is 5.25. The number of alkyl carbamates (subject to hydrolysis) is 1. The van der Waals surface area contributed by atoms with Gasteiger partial charge in [-0.1, -0.05) is 18.2 Å². The zero-order chi connectivity index (χ0) is 12.0. The van der Waals surface area contributed by atoms with Crippen LogP contribution < -0.4 is 10.1 Å². The van der Waals surface area contributed by atoms with Crippen LogP contribution in [0.5, 0.6) is 5.75 Å². The van der Waals surface area contributed by atoms with Gasteiger partial charge in [0, 0.05) is 5.56 Å². The third-order valence-corrected chi connectivity index (χ3v) is 2.22. The van der Waals surface area contributed by atoms with E-state index in [0.29, 0.717) is 6.61 Å². The Bertz CT molecular complexity index is 352. The molecule has 88 valence electrons. The SMILES string of the molecule is CCOC(=O)N[C@H](C)c1ccccc1OC. The van der Waals surface area contributed by atoms with Gasteiger partial charge in [-0.2, -0.15) is 0 Å². The highest BCUT2D eigenvalue weighted by Crippen LogP contribution is 2.24. The Balaban J connectivity index is 2.72. The van der Waals surface area contributed by atoms with Gasteiger partial charge in [-0.25, -0.2) is 4.79 Å². The van der Waals surface area contributed by atoms with E-state index < -0.39 is 6.09 Å². The number of ether oxygens (including phenoxy) is 2. The van der Waals surface area contributed by atoms with Crippen LogP contribution in [0.1, 0.15) is 25.5 Å².